The Morgan fingerprint density at radius 1 is 1.14 bits per heavy atom. The van der Waals surface area contributed by atoms with Gasteiger partial charge in [0, 0.05) is 41.8 Å². The van der Waals surface area contributed by atoms with Crippen molar-refractivity contribution in [1.82, 2.24) is 9.80 Å². The molecule has 0 fully saturated rings. The molecule has 42 heavy (non-hydrogen) atoms. The number of amides is 1. The van der Waals surface area contributed by atoms with Gasteiger partial charge in [-0.25, -0.2) is 8.42 Å². The SMILES string of the molecule is COc1ccc(CN(C)C[C@H]2Oc3ccc(NS(=O)(=O)c4ccc(Cl)cc4)cc3CC(=O)N([C@@H](C)CO)C[C@@H]2C)cc1. The summed E-state index contributed by atoms with van der Waals surface area (Å²) in [6.07, 6.45) is -0.292. The number of aliphatic hydroxyl groups excluding tert-OH is 1. The average molecular weight is 616 g/mol. The van der Waals surface area contributed by atoms with Crippen LogP contribution in [0.5, 0.6) is 11.5 Å². The van der Waals surface area contributed by atoms with Gasteiger partial charge >= 0.3 is 0 Å². The number of nitrogens with one attached hydrogen (secondary N) is 1. The Hall–Kier alpha value is -3.31. The third kappa shape index (κ3) is 7.95. The van der Waals surface area contributed by atoms with Crippen LogP contribution in [0.4, 0.5) is 5.69 Å². The van der Waals surface area contributed by atoms with Crippen LogP contribution in [0.2, 0.25) is 5.02 Å². The fraction of sp³-hybridized carbons (Fsp3) is 0.387. The topological polar surface area (TPSA) is 108 Å². The Kier molecular flexibility index (Phi) is 10.4. The molecular weight excluding hydrogens is 578 g/mol. The summed E-state index contributed by atoms with van der Waals surface area (Å²) in [5.74, 6) is 1.09. The number of rotatable bonds is 10. The van der Waals surface area contributed by atoms with Crippen LogP contribution in [-0.2, 0) is 27.8 Å². The highest BCUT2D eigenvalue weighted by molar-refractivity contribution is 7.92. The standard InChI is InChI=1S/C31H38ClN3O6S/c1-21-17-35(22(2)20-36)31(37)16-24-15-26(33-42(38,39)28-12-7-25(32)8-13-28)9-14-29(24)41-30(21)19-34(3)18-23-5-10-27(40-4)11-6-23/h5-15,21-22,30,33,36H,16-20H2,1-4H3/t21-,22-,30+/m0/s1. The van der Waals surface area contributed by atoms with Gasteiger partial charge in [-0.15, -0.1) is 0 Å². The van der Waals surface area contributed by atoms with Gasteiger partial charge in [0.15, 0.2) is 0 Å². The molecule has 0 aliphatic carbocycles. The number of likely N-dealkylation sites (N-methyl/N-ethyl adjacent to an activating group) is 1. The molecule has 4 rings (SSSR count). The van der Waals surface area contributed by atoms with Gasteiger partial charge < -0.3 is 19.5 Å². The number of benzene rings is 3. The minimum atomic E-state index is -3.88. The van der Waals surface area contributed by atoms with E-state index in [2.05, 4.69) is 9.62 Å². The van der Waals surface area contributed by atoms with Crippen LogP contribution in [-0.4, -0.2) is 75.2 Å². The fourth-order valence-corrected chi connectivity index (χ4v) is 6.13. The highest BCUT2D eigenvalue weighted by Crippen LogP contribution is 2.30. The number of ether oxygens (including phenoxy) is 2. The van der Waals surface area contributed by atoms with E-state index in [4.69, 9.17) is 21.1 Å². The van der Waals surface area contributed by atoms with Crippen molar-refractivity contribution in [3.63, 3.8) is 0 Å². The average Bonchev–Trinajstić information content (AvgIpc) is 3.00. The minimum Gasteiger partial charge on any atom is -0.497 e. The lowest BCUT2D eigenvalue weighted by Crippen LogP contribution is -2.47. The number of hydrogen-bond acceptors (Lipinski definition) is 7. The van der Waals surface area contributed by atoms with Crippen molar-refractivity contribution in [1.29, 1.82) is 0 Å². The molecule has 3 aromatic rings. The van der Waals surface area contributed by atoms with Gasteiger partial charge in [0.1, 0.15) is 17.6 Å². The van der Waals surface area contributed by atoms with Crippen molar-refractivity contribution >= 4 is 33.2 Å². The first-order valence-corrected chi connectivity index (χ1v) is 15.6. The zero-order chi connectivity index (χ0) is 30.4. The van der Waals surface area contributed by atoms with E-state index in [1.807, 2.05) is 45.2 Å². The second kappa shape index (κ2) is 13.8. The first kappa shape index (κ1) is 31.6. The summed E-state index contributed by atoms with van der Waals surface area (Å²) < 4.78 is 40.4. The first-order valence-electron chi connectivity index (χ1n) is 13.8. The summed E-state index contributed by atoms with van der Waals surface area (Å²) in [5, 5.41) is 10.3. The molecule has 3 atom stereocenters. The quantitative estimate of drug-likeness (QED) is 0.347. The van der Waals surface area contributed by atoms with Crippen molar-refractivity contribution in [2.45, 2.75) is 43.9 Å². The largest absolute Gasteiger partial charge is 0.497 e. The van der Waals surface area contributed by atoms with Crippen molar-refractivity contribution in [3.05, 3.63) is 82.9 Å². The monoisotopic (exact) mass is 615 g/mol. The number of methoxy groups -OCH3 is 1. The van der Waals surface area contributed by atoms with Gasteiger partial charge in [0.2, 0.25) is 5.91 Å². The maximum absolute atomic E-state index is 13.5. The van der Waals surface area contributed by atoms with Gasteiger partial charge in [-0.3, -0.25) is 14.4 Å². The van der Waals surface area contributed by atoms with Crippen LogP contribution >= 0.6 is 11.6 Å². The number of fused-ring (bicyclic) bond motifs is 1. The zero-order valence-electron chi connectivity index (χ0n) is 24.3. The number of carbonyl (C=O) groups excluding carboxylic acids is 1. The van der Waals surface area contributed by atoms with E-state index in [1.165, 1.54) is 24.3 Å². The normalized spacial score (nSPS) is 18.4. The molecule has 0 bridgehead atoms. The number of carbonyl (C=O) groups is 1. The van der Waals surface area contributed by atoms with E-state index in [1.54, 1.807) is 30.2 Å². The lowest BCUT2D eigenvalue weighted by molar-refractivity contribution is -0.134. The van der Waals surface area contributed by atoms with Crippen LogP contribution in [0, 0.1) is 5.92 Å². The van der Waals surface area contributed by atoms with Crippen LogP contribution in [0.1, 0.15) is 25.0 Å². The number of sulfonamides is 1. The molecule has 0 radical (unpaired) electrons. The number of nitrogens with zero attached hydrogens (tertiary/aromatic N) is 2. The van der Waals surface area contributed by atoms with Gasteiger partial charge in [-0.1, -0.05) is 30.7 Å². The molecule has 0 aromatic heterocycles. The Bertz CT molecular complexity index is 1470. The number of hydrogen-bond donors (Lipinski definition) is 2. The van der Waals surface area contributed by atoms with Crippen LogP contribution in [0.15, 0.2) is 71.6 Å². The molecule has 1 aliphatic heterocycles. The van der Waals surface area contributed by atoms with Gasteiger partial charge in [-0.05, 0) is 74.1 Å². The van der Waals surface area contributed by atoms with E-state index in [-0.39, 0.29) is 41.9 Å². The summed E-state index contributed by atoms with van der Waals surface area (Å²) in [6.45, 7) is 5.35. The Labute approximate surface area is 253 Å². The van der Waals surface area contributed by atoms with E-state index in [9.17, 15) is 18.3 Å². The Morgan fingerprint density at radius 3 is 2.48 bits per heavy atom. The minimum absolute atomic E-state index is 0.00267. The molecular formula is C31H38ClN3O6S. The lowest BCUT2D eigenvalue weighted by Gasteiger charge is -2.34. The van der Waals surface area contributed by atoms with Crippen molar-refractivity contribution in [3.8, 4) is 11.5 Å². The Balaban J connectivity index is 1.61. The summed E-state index contributed by atoms with van der Waals surface area (Å²) in [7, 11) is -0.231. The maximum atomic E-state index is 13.5. The van der Waals surface area contributed by atoms with E-state index in [0.717, 1.165) is 11.3 Å². The van der Waals surface area contributed by atoms with E-state index in [0.29, 0.717) is 41.7 Å². The smallest absolute Gasteiger partial charge is 0.261 e. The summed E-state index contributed by atoms with van der Waals surface area (Å²) in [4.78, 5) is 17.4. The third-order valence-corrected chi connectivity index (χ3v) is 9.04. The van der Waals surface area contributed by atoms with Crippen LogP contribution < -0.4 is 14.2 Å². The van der Waals surface area contributed by atoms with Gasteiger partial charge in [0.25, 0.3) is 10.0 Å². The molecule has 0 unspecified atom stereocenters. The lowest BCUT2D eigenvalue weighted by atomic mass is 10.0. The highest BCUT2D eigenvalue weighted by Gasteiger charge is 2.31. The second-order valence-corrected chi connectivity index (χ2v) is 12.9. The molecule has 0 saturated carbocycles. The molecule has 0 spiro atoms. The van der Waals surface area contributed by atoms with E-state index >= 15 is 0 Å². The molecule has 1 aliphatic rings. The van der Waals surface area contributed by atoms with Crippen LogP contribution in [0.25, 0.3) is 0 Å². The molecule has 2 N–H and O–H groups in total. The predicted molar refractivity (Wildman–Crippen MR) is 164 cm³/mol. The summed E-state index contributed by atoms with van der Waals surface area (Å²) in [6, 6.07) is 18.4. The van der Waals surface area contributed by atoms with Gasteiger partial charge in [0.05, 0.1) is 31.1 Å². The first-order chi connectivity index (χ1) is 20.0. The molecule has 226 valence electrons. The maximum Gasteiger partial charge on any atom is 0.261 e. The molecule has 9 nitrogen and oxygen atoms in total. The molecule has 1 heterocycles. The second-order valence-electron chi connectivity index (χ2n) is 10.8. The molecule has 0 saturated heterocycles. The predicted octanol–water partition coefficient (Wildman–Crippen LogP) is 4.43. The summed E-state index contributed by atoms with van der Waals surface area (Å²) in [5.41, 5.74) is 1.99. The highest BCUT2D eigenvalue weighted by atomic mass is 35.5. The number of halogens is 1. The number of anilines is 1. The third-order valence-electron chi connectivity index (χ3n) is 7.40. The molecule has 3 aromatic carbocycles. The molecule has 1 amide bonds. The summed E-state index contributed by atoms with van der Waals surface area (Å²) >= 11 is 5.92. The molecule has 11 heteroatoms. The zero-order valence-corrected chi connectivity index (χ0v) is 25.9. The van der Waals surface area contributed by atoms with Crippen molar-refractivity contribution < 1.29 is 27.8 Å². The van der Waals surface area contributed by atoms with Crippen molar-refractivity contribution in [2.24, 2.45) is 5.92 Å². The van der Waals surface area contributed by atoms with Crippen molar-refractivity contribution in [2.75, 3.05) is 38.6 Å². The Morgan fingerprint density at radius 2 is 1.83 bits per heavy atom. The number of aliphatic hydroxyl groups is 1. The fourth-order valence-electron chi connectivity index (χ4n) is 4.95. The van der Waals surface area contributed by atoms with Crippen LogP contribution in [0.3, 0.4) is 0 Å². The van der Waals surface area contributed by atoms with E-state index < -0.39 is 10.0 Å². The van der Waals surface area contributed by atoms with Gasteiger partial charge in [-0.2, -0.15) is 0 Å².